The molecule has 0 saturated heterocycles. The maximum atomic E-state index is 13.2. The second-order valence-corrected chi connectivity index (χ2v) is 9.35. The predicted octanol–water partition coefficient (Wildman–Crippen LogP) is 6.08. The van der Waals surface area contributed by atoms with Crippen LogP contribution in [-0.2, 0) is 4.79 Å². The van der Waals surface area contributed by atoms with Crippen molar-refractivity contribution in [2.45, 2.75) is 52.0 Å². The Bertz CT molecular complexity index is 840. The highest BCUT2D eigenvalue weighted by molar-refractivity contribution is 7.98. The van der Waals surface area contributed by atoms with Gasteiger partial charge in [-0.2, -0.15) is 11.8 Å². The number of hydrogen-bond acceptors (Lipinski definition) is 3. The van der Waals surface area contributed by atoms with Gasteiger partial charge in [0, 0.05) is 16.3 Å². The van der Waals surface area contributed by atoms with Gasteiger partial charge in [-0.1, -0.05) is 57.5 Å². The smallest absolute Gasteiger partial charge is 0.251 e. The lowest BCUT2D eigenvalue weighted by atomic mass is 9.92. The number of para-hydroxylation sites is 1. The molecule has 6 heteroatoms. The topological polar surface area (TPSA) is 58.2 Å². The number of carbonyl (C=O) groups excluding carboxylic acids is 2. The van der Waals surface area contributed by atoms with Crippen molar-refractivity contribution >= 4 is 40.9 Å². The summed E-state index contributed by atoms with van der Waals surface area (Å²) in [4.78, 5) is 25.9. The molecule has 1 atom stereocenters. The van der Waals surface area contributed by atoms with E-state index in [4.69, 9.17) is 11.6 Å². The zero-order valence-corrected chi connectivity index (χ0v) is 19.9. The quantitative estimate of drug-likeness (QED) is 0.490. The van der Waals surface area contributed by atoms with E-state index in [9.17, 15) is 9.59 Å². The number of carbonyl (C=O) groups is 2. The van der Waals surface area contributed by atoms with Crippen LogP contribution in [0.25, 0.3) is 0 Å². The Hall–Kier alpha value is -1.98. The maximum Gasteiger partial charge on any atom is 0.251 e. The van der Waals surface area contributed by atoms with Gasteiger partial charge in [-0.05, 0) is 65.7 Å². The van der Waals surface area contributed by atoms with E-state index in [1.807, 2.05) is 12.3 Å². The molecule has 0 aromatic heterocycles. The molecule has 0 heterocycles. The average Bonchev–Trinajstić information content (AvgIpc) is 2.71. The van der Waals surface area contributed by atoms with Crippen LogP contribution in [0.4, 0.5) is 5.69 Å². The van der Waals surface area contributed by atoms with Crippen molar-refractivity contribution in [2.75, 3.05) is 17.3 Å². The highest BCUT2D eigenvalue weighted by Crippen LogP contribution is 2.32. The van der Waals surface area contributed by atoms with Gasteiger partial charge >= 0.3 is 0 Å². The number of benzene rings is 2. The zero-order valence-electron chi connectivity index (χ0n) is 18.3. The number of hydrogen-bond donors (Lipinski definition) is 2. The van der Waals surface area contributed by atoms with Crippen molar-refractivity contribution in [3.8, 4) is 0 Å². The van der Waals surface area contributed by atoms with Gasteiger partial charge in [-0.3, -0.25) is 9.59 Å². The standard InChI is InChI=1S/C24H31ClN2O2S/c1-15(2)19-7-6-8-20(16(3)4)22(19)27-24(29)21(13-14-30-5)26-23(28)17-9-11-18(25)12-10-17/h6-12,15-16,21H,13-14H2,1-5H3,(H,26,28)(H,27,29). The van der Waals surface area contributed by atoms with Gasteiger partial charge in [-0.15, -0.1) is 0 Å². The minimum Gasteiger partial charge on any atom is -0.340 e. The van der Waals surface area contributed by atoms with Crippen LogP contribution in [0.2, 0.25) is 5.02 Å². The molecular formula is C24H31ClN2O2S. The first kappa shape index (κ1) is 24.3. The van der Waals surface area contributed by atoms with Crippen LogP contribution in [0.1, 0.15) is 67.4 Å². The second kappa shape index (κ2) is 11.4. The van der Waals surface area contributed by atoms with Gasteiger partial charge in [0.15, 0.2) is 0 Å². The highest BCUT2D eigenvalue weighted by Gasteiger charge is 2.24. The molecule has 162 valence electrons. The van der Waals surface area contributed by atoms with Crippen LogP contribution in [0.15, 0.2) is 42.5 Å². The highest BCUT2D eigenvalue weighted by atomic mass is 35.5. The fourth-order valence-corrected chi connectivity index (χ4v) is 3.85. The maximum absolute atomic E-state index is 13.2. The Labute approximate surface area is 189 Å². The van der Waals surface area contributed by atoms with Crippen molar-refractivity contribution in [3.05, 3.63) is 64.2 Å². The summed E-state index contributed by atoms with van der Waals surface area (Å²) in [6.07, 6.45) is 2.54. The van der Waals surface area contributed by atoms with E-state index in [0.29, 0.717) is 17.0 Å². The molecule has 4 nitrogen and oxygen atoms in total. The summed E-state index contributed by atoms with van der Waals surface area (Å²) in [5.74, 6) is 0.831. The fraction of sp³-hybridized carbons (Fsp3) is 0.417. The summed E-state index contributed by atoms with van der Waals surface area (Å²) in [7, 11) is 0. The number of halogens is 1. The van der Waals surface area contributed by atoms with Crippen LogP contribution in [0.3, 0.4) is 0 Å². The third-order valence-corrected chi connectivity index (χ3v) is 5.86. The molecular weight excluding hydrogens is 416 g/mol. The van der Waals surface area contributed by atoms with Crippen LogP contribution in [0.5, 0.6) is 0 Å². The molecule has 2 aromatic rings. The minimum absolute atomic E-state index is 0.193. The second-order valence-electron chi connectivity index (χ2n) is 7.92. The van der Waals surface area contributed by atoms with E-state index in [1.54, 1.807) is 36.0 Å². The van der Waals surface area contributed by atoms with Crippen molar-refractivity contribution in [3.63, 3.8) is 0 Å². The normalized spacial score (nSPS) is 12.1. The number of amides is 2. The SMILES string of the molecule is CSCCC(NC(=O)c1ccc(Cl)cc1)C(=O)Nc1c(C(C)C)cccc1C(C)C. The molecule has 0 saturated carbocycles. The first-order chi connectivity index (χ1) is 14.2. The zero-order chi connectivity index (χ0) is 22.3. The van der Waals surface area contributed by atoms with Gasteiger partial charge in [0.25, 0.3) is 5.91 Å². The number of thioether (sulfide) groups is 1. The molecule has 2 N–H and O–H groups in total. The van der Waals surface area contributed by atoms with Crippen LogP contribution in [0, 0.1) is 0 Å². The van der Waals surface area contributed by atoms with Crippen LogP contribution in [-0.4, -0.2) is 29.9 Å². The Morgan fingerprint density at radius 2 is 1.53 bits per heavy atom. The Kier molecular flexibility index (Phi) is 9.25. The summed E-state index contributed by atoms with van der Waals surface area (Å²) >= 11 is 7.56. The monoisotopic (exact) mass is 446 g/mol. The van der Waals surface area contributed by atoms with Gasteiger partial charge in [0.1, 0.15) is 6.04 Å². The molecule has 2 aromatic carbocycles. The molecule has 0 aliphatic heterocycles. The first-order valence-corrected chi connectivity index (χ1v) is 12.0. The van der Waals surface area contributed by atoms with Crippen molar-refractivity contribution in [2.24, 2.45) is 0 Å². The molecule has 30 heavy (non-hydrogen) atoms. The van der Waals surface area contributed by atoms with Gasteiger partial charge in [0.05, 0.1) is 0 Å². The minimum atomic E-state index is -0.624. The van der Waals surface area contributed by atoms with Gasteiger partial charge < -0.3 is 10.6 Å². The van der Waals surface area contributed by atoms with Crippen molar-refractivity contribution in [1.29, 1.82) is 0 Å². The third-order valence-electron chi connectivity index (χ3n) is 4.96. The van der Waals surface area contributed by atoms with Crippen molar-refractivity contribution < 1.29 is 9.59 Å². The summed E-state index contributed by atoms with van der Waals surface area (Å²) in [6, 6.07) is 12.2. The van der Waals surface area contributed by atoms with Crippen LogP contribution < -0.4 is 10.6 Å². The molecule has 0 bridgehead atoms. The Balaban J connectivity index is 2.27. The van der Waals surface area contributed by atoms with E-state index in [-0.39, 0.29) is 23.7 Å². The predicted molar refractivity (Wildman–Crippen MR) is 129 cm³/mol. The number of nitrogens with one attached hydrogen (secondary N) is 2. The van der Waals surface area contributed by atoms with Crippen LogP contribution >= 0.6 is 23.4 Å². The molecule has 2 amide bonds. The fourth-order valence-electron chi connectivity index (χ4n) is 3.25. The van der Waals surface area contributed by atoms with Gasteiger partial charge in [0.2, 0.25) is 5.91 Å². The molecule has 0 aliphatic carbocycles. The molecule has 0 spiro atoms. The van der Waals surface area contributed by atoms with Crippen molar-refractivity contribution in [1.82, 2.24) is 5.32 Å². The lowest BCUT2D eigenvalue weighted by molar-refractivity contribution is -0.118. The summed E-state index contributed by atoms with van der Waals surface area (Å²) in [5, 5.41) is 6.59. The number of rotatable bonds is 9. The summed E-state index contributed by atoms with van der Waals surface area (Å²) in [5.41, 5.74) is 3.54. The van der Waals surface area contributed by atoms with E-state index in [2.05, 4.69) is 50.5 Å². The van der Waals surface area contributed by atoms with E-state index < -0.39 is 6.04 Å². The van der Waals surface area contributed by atoms with Gasteiger partial charge in [-0.25, -0.2) is 0 Å². The third kappa shape index (κ3) is 6.51. The molecule has 2 rings (SSSR count). The van der Waals surface area contributed by atoms with E-state index in [1.165, 1.54) is 0 Å². The number of anilines is 1. The lowest BCUT2D eigenvalue weighted by Gasteiger charge is -2.23. The Morgan fingerprint density at radius 3 is 2.03 bits per heavy atom. The summed E-state index contributed by atoms with van der Waals surface area (Å²) < 4.78 is 0. The van der Waals surface area contributed by atoms with E-state index in [0.717, 1.165) is 22.6 Å². The molecule has 0 radical (unpaired) electrons. The molecule has 0 aliphatic rings. The first-order valence-electron chi connectivity index (χ1n) is 10.2. The van der Waals surface area contributed by atoms with E-state index >= 15 is 0 Å². The largest absolute Gasteiger partial charge is 0.340 e. The lowest BCUT2D eigenvalue weighted by Crippen LogP contribution is -2.44. The molecule has 1 unspecified atom stereocenters. The average molecular weight is 447 g/mol. The Morgan fingerprint density at radius 1 is 0.967 bits per heavy atom. The molecule has 0 fully saturated rings. The summed E-state index contributed by atoms with van der Waals surface area (Å²) in [6.45, 7) is 8.45.